The van der Waals surface area contributed by atoms with Crippen molar-refractivity contribution in [3.05, 3.63) is 60.3 Å². The predicted octanol–water partition coefficient (Wildman–Crippen LogP) is 2.44. The van der Waals surface area contributed by atoms with E-state index in [2.05, 4.69) is 21.2 Å². The van der Waals surface area contributed by atoms with Crippen molar-refractivity contribution in [2.24, 2.45) is 0 Å². The van der Waals surface area contributed by atoms with Gasteiger partial charge in [-0.15, -0.1) is 5.10 Å². The number of allylic oxidation sites excluding steroid dienone is 2. The quantitative estimate of drug-likeness (QED) is 0.429. The molecule has 0 atom stereocenters. The highest BCUT2D eigenvalue weighted by Crippen LogP contribution is 2.15. The smallest absolute Gasteiger partial charge is 0.170 e. The van der Waals surface area contributed by atoms with E-state index in [-0.39, 0.29) is 0 Å². The third-order valence-corrected chi connectivity index (χ3v) is 3.24. The molecule has 0 spiro atoms. The van der Waals surface area contributed by atoms with E-state index >= 15 is 0 Å². The molecule has 3 rings (SSSR count). The van der Waals surface area contributed by atoms with Crippen LogP contribution in [0.3, 0.4) is 0 Å². The molecular formula is C16H15N5O. The first-order valence-electron chi connectivity index (χ1n) is 6.83. The number of aromatic nitrogens is 3. The van der Waals surface area contributed by atoms with Crippen LogP contribution in [0.25, 0.3) is 16.7 Å². The molecule has 1 heterocycles. The van der Waals surface area contributed by atoms with E-state index in [0.29, 0.717) is 11.4 Å². The molecule has 0 aliphatic carbocycles. The molecule has 2 aromatic carbocycles. The van der Waals surface area contributed by atoms with Crippen LogP contribution >= 0.6 is 0 Å². The van der Waals surface area contributed by atoms with Gasteiger partial charge in [0, 0.05) is 0 Å². The highest BCUT2D eigenvalue weighted by atomic mass is 16.1. The summed E-state index contributed by atoms with van der Waals surface area (Å²) >= 11 is 0. The third-order valence-electron chi connectivity index (χ3n) is 3.24. The second-order valence-electron chi connectivity index (χ2n) is 4.73. The van der Waals surface area contributed by atoms with Crippen LogP contribution in [-0.4, -0.2) is 21.3 Å². The van der Waals surface area contributed by atoms with Crippen molar-refractivity contribution in [2.45, 2.75) is 6.92 Å². The van der Waals surface area contributed by atoms with Crippen LogP contribution in [0.15, 0.2) is 60.3 Å². The van der Waals surface area contributed by atoms with Gasteiger partial charge in [0.1, 0.15) is 11.2 Å². The average Bonchev–Trinajstić information content (AvgIpc) is 2.99. The zero-order valence-electron chi connectivity index (χ0n) is 12.0. The largest absolute Gasteiger partial charge is 0.303 e. The Morgan fingerprint density at radius 3 is 2.59 bits per heavy atom. The van der Waals surface area contributed by atoms with E-state index in [1.54, 1.807) is 6.92 Å². The number of rotatable bonds is 5. The molecule has 0 bridgehead atoms. The summed E-state index contributed by atoms with van der Waals surface area (Å²) in [6.45, 7) is 1.80. The van der Waals surface area contributed by atoms with Crippen molar-refractivity contribution in [3.8, 4) is 0 Å². The molecule has 1 aromatic heterocycles. The van der Waals surface area contributed by atoms with Gasteiger partial charge in [-0.3, -0.25) is 4.79 Å². The van der Waals surface area contributed by atoms with Crippen molar-refractivity contribution in [1.82, 2.24) is 20.4 Å². The molecule has 0 radical (unpaired) electrons. The number of hydrogen-bond donors (Lipinski definition) is 2. The summed E-state index contributed by atoms with van der Waals surface area (Å²) in [5.41, 5.74) is 9.52. The number of carbonyl (C=O) groups excluding carboxylic acids is 1. The molecule has 22 heavy (non-hydrogen) atoms. The van der Waals surface area contributed by atoms with Crippen LogP contribution < -0.4 is 10.9 Å². The average molecular weight is 293 g/mol. The van der Waals surface area contributed by atoms with Gasteiger partial charge in [-0.1, -0.05) is 35.5 Å². The van der Waals surface area contributed by atoms with Crippen molar-refractivity contribution in [3.63, 3.8) is 0 Å². The van der Waals surface area contributed by atoms with E-state index in [9.17, 15) is 4.79 Å². The topological polar surface area (TPSA) is 71.8 Å². The highest BCUT2D eigenvalue weighted by molar-refractivity contribution is 6.02. The predicted molar refractivity (Wildman–Crippen MR) is 85.7 cm³/mol. The Kier molecular flexibility index (Phi) is 3.82. The van der Waals surface area contributed by atoms with E-state index in [4.69, 9.17) is 0 Å². The summed E-state index contributed by atoms with van der Waals surface area (Å²) in [7, 11) is 0. The summed E-state index contributed by atoms with van der Waals surface area (Å²) in [5.74, 6) is 0. The number of aldehydes is 1. The van der Waals surface area contributed by atoms with Crippen LogP contribution in [0, 0.1) is 0 Å². The van der Waals surface area contributed by atoms with Gasteiger partial charge in [0.15, 0.2) is 6.29 Å². The van der Waals surface area contributed by atoms with Gasteiger partial charge in [0.25, 0.3) is 0 Å². The summed E-state index contributed by atoms with van der Waals surface area (Å²) < 4.78 is 1.53. The Bertz CT molecular complexity index is 823. The van der Waals surface area contributed by atoms with Gasteiger partial charge in [-0.2, -0.15) is 0 Å². The minimum absolute atomic E-state index is 0.400. The molecule has 110 valence electrons. The second kappa shape index (κ2) is 6.09. The van der Waals surface area contributed by atoms with E-state index in [1.807, 2.05) is 54.6 Å². The summed E-state index contributed by atoms with van der Waals surface area (Å²) in [6.07, 6.45) is 0.760. The zero-order valence-corrected chi connectivity index (χ0v) is 12.0. The van der Waals surface area contributed by atoms with E-state index in [1.165, 1.54) is 4.68 Å². The molecule has 0 amide bonds. The molecular weight excluding hydrogens is 278 g/mol. The molecule has 6 nitrogen and oxygen atoms in total. The maximum atomic E-state index is 11.5. The van der Waals surface area contributed by atoms with Crippen molar-refractivity contribution >= 4 is 28.7 Å². The maximum absolute atomic E-state index is 11.5. The number of carbonyl (C=O) groups is 1. The molecule has 6 heteroatoms. The lowest BCUT2D eigenvalue weighted by molar-refractivity contribution is -0.103. The lowest BCUT2D eigenvalue weighted by atomic mass is 10.3. The minimum atomic E-state index is 0.400. The molecule has 0 unspecified atom stereocenters. The summed E-state index contributed by atoms with van der Waals surface area (Å²) in [5, 5.41) is 8.11. The summed E-state index contributed by atoms with van der Waals surface area (Å²) in [4.78, 5) is 11.5. The van der Waals surface area contributed by atoms with Gasteiger partial charge < -0.3 is 10.9 Å². The van der Waals surface area contributed by atoms with Crippen LogP contribution in [0.4, 0.5) is 5.69 Å². The van der Waals surface area contributed by atoms with E-state index < -0.39 is 0 Å². The van der Waals surface area contributed by atoms with Crippen molar-refractivity contribution in [1.29, 1.82) is 0 Å². The molecule has 0 aliphatic rings. The maximum Gasteiger partial charge on any atom is 0.170 e. The van der Waals surface area contributed by atoms with Crippen LogP contribution in [0.2, 0.25) is 0 Å². The van der Waals surface area contributed by atoms with Crippen LogP contribution in [0.1, 0.15) is 6.92 Å². The fourth-order valence-corrected chi connectivity index (χ4v) is 2.10. The Morgan fingerprint density at radius 2 is 1.82 bits per heavy atom. The number of hydrogen-bond acceptors (Lipinski definition) is 5. The Balaban J connectivity index is 1.90. The first kappa shape index (κ1) is 13.8. The molecule has 0 aliphatic heterocycles. The fraction of sp³-hybridized carbons (Fsp3) is 0.0625. The molecule has 0 fully saturated rings. The molecule has 3 aromatic rings. The number of benzene rings is 2. The lowest BCUT2D eigenvalue weighted by Crippen LogP contribution is -2.22. The minimum Gasteiger partial charge on any atom is -0.303 e. The third kappa shape index (κ3) is 2.67. The Labute approximate surface area is 127 Å². The van der Waals surface area contributed by atoms with Crippen molar-refractivity contribution < 1.29 is 4.79 Å². The molecule has 0 saturated heterocycles. The Morgan fingerprint density at radius 1 is 1.09 bits per heavy atom. The number of fused-ring (bicyclic) bond motifs is 1. The Hall–Kier alpha value is -3.15. The molecule has 2 N–H and O–H groups in total. The standard InChI is InChI=1S/C16H15N5O/c1-12(17-18-13-7-3-2-4-8-13)16(11-22)21-15-10-6-5-9-14(15)19-20-21/h2-11,17-18H,1H3/b16-12+. The lowest BCUT2D eigenvalue weighted by Gasteiger charge is -2.12. The second-order valence-corrected chi connectivity index (χ2v) is 4.73. The number of hydrazine groups is 1. The van der Waals surface area contributed by atoms with Crippen LogP contribution in [-0.2, 0) is 4.79 Å². The van der Waals surface area contributed by atoms with Crippen LogP contribution in [0.5, 0.6) is 0 Å². The normalized spacial score (nSPS) is 11.9. The van der Waals surface area contributed by atoms with Gasteiger partial charge in [-0.05, 0) is 31.2 Å². The van der Waals surface area contributed by atoms with Gasteiger partial charge in [0.2, 0.25) is 0 Å². The fourth-order valence-electron chi connectivity index (χ4n) is 2.10. The van der Waals surface area contributed by atoms with Gasteiger partial charge in [0.05, 0.1) is 16.9 Å². The van der Waals surface area contributed by atoms with Gasteiger partial charge in [-0.25, -0.2) is 4.68 Å². The van der Waals surface area contributed by atoms with E-state index in [0.717, 1.165) is 23.0 Å². The number of para-hydroxylation sites is 2. The molecule has 0 saturated carbocycles. The monoisotopic (exact) mass is 293 g/mol. The SMILES string of the molecule is C/C(NNc1ccccc1)=C(/C=O)n1nnc2ccccc21. The number of nitrogens with zero attached hydrogens (tertiary/aromatic N) is 3. The highest BCUT2D eigenvalue weighted by Gasteiger charge is 2.10. The summed E-state index contributed by atoms with van der Waals surface area (Å²) in [6, 6.07) is 17.1. The zero-order chi connectivity index (χ0) is 15.4. The number of nitrogens with one attached hydrogen (secondary N) is 2. The first-order valence-corrected chi connectivity index (χ1v) is 6.83. The first-order chi connectivity index (χ1) is 10.8. The number of anilines is 1. The van der Waals surface area contributed by atoms with Crippen molar-refractivity contribution in [2.75, 3.05) is 5.43 Å². The van der Waals surface area contributed by atoms with Gasteiger partial charge >= 0.3 is 0 Å².